The lowest BCUT2D eigenvalue weighted by molar-refractivity contribution is -0.113. The average Bonchev–Trinajstić information content (AvgIpc) is 3.33. The van der Waals surface area contributed by atoms with Crippen molar-refractivity contribution >= 4 is 34.0 Å². The molecule has 29 heavy (non-hydrogen) atoms. The summed E-state index contributed by atoms with van der Waals surface area (Å²) >= 11 is 2.88. The number of thioether (sulfide) groups is 1. The maximum Gasteiger partial charge on any atom is 0.235 e. The molecule has 0 aromatic carbocycles. The third-order valence-corrected chi connectivity index (χ3v) is 7.00. The van der Waals surface area contributed by atoms with Crippen molar-refractivity contribution in [3.8, 4) is 17.5 Å². The fourth-order valence-corrected chi connectivity index (χ4v) is 5.51. The van der Waals surface area contributed by atoms with Crippen LogP contribution in [0.15, 0.2) is 29.7 Å². The van der Waals surface area contributed by atoms with Gasteiger partial charge in [-0.3, -0.25) is 9.78 Å². The third-order valence-electron chi connectivity index (χ3n) is 4.82. The van der Waals surface area contributed by atoms with Gasteiger partial charge in [-0.1, -0.05) is 11.8 Å². The molecule has 0 saturated heterocycles. The van der Waals surface area contributed by atoms with Gasteiger partial charge in [-0.15, -0.1) is 21.5 Å². The van der Waals surface area contributed by atoms with Gasteiger partial charge in [0, 0.05) is 29.4 Å². The van der Waals surface area contributed by atoms with E-state index in [1.54, 1.807) is 23.7 Å². The van der Waals surface area contributed by atoms with Gasteiger partial charge in [-0.05, 0) is 50.3 Å². The first kappa shape index (κ1) is 19.6. The number of carbonyl (C=O) groups is 1. The smallest absolute Gasteiger partial charge is 0.235 e. The van der Waals surface area contributed by atoms with Gasteiger partial charge >= 0.3 is 0 Å². The zero-order chi connectivity index (χ0) is 20.2. The Morgan fingerprint density at radius 3 is 3.00 bits per heavy atom. The van der Waals surface area contributed by atoms with Crippen molar-refractivity contribution in [3.05, 3.63) is 40.5 Å². The first-order chi connectivity index (χ1) is 14.2. The minimum absolute atomic E-state index is 0.140. The topological polar surface area (TPSA) is 96.5 Å². The fraction of sp³-hybridized carbons (Fsp3) is 0.350. The van der Waals surface area contributed by atoms with E-state index in [1.807, 2.05) is 23.6 Å². The number of anilines is 1. The Bertz CT molecular complexity index is 1070. The molecule has 7 nitrogen and oxygen atoms in total. The minimum Gasteiger partial charge on any atom is -0.316 e. The standard InChI is InChI=1S/C20H20N6OS2/c1-2-26-18(13-6-5-9-22-11-13)24-25-20(26)28-12-17(27)23-19-15(10-21)14-7-3-4-8-16(14)29-19/h5-6,9,11H,2-4,7-8,12H2,1H3,(H,23,27). The first-order valence-corrected chi connectivity index (χ1v) is 11.3. The van der Waals surface area contributed by atoms with E-state index in [4.69, 9.17) is 0 Å². The number of pyridine rings is 1. The highest BCUT2D eigenvalue weighted by Gasteiger charge is 2.22. The lowest BCUT2D eigenvalue weighted by Crippen LogP contribution is -2.14. The number of aryl methyl sites for hydroxylation is 1. The highest BCUT2D eigenvalue weighted by atomic mass is 32.2. The Hall–Kier alpha value is -2.70. The summed E-state index contributed by atoms with van der Waals surface area (Å²) in [6.07, 6.45) is 7.64. The van der Waals surface area contributed by atoms with Gasteiger partial charge in [-0.25, -0.2) is 0 Å². The molecular formula is C20H20N6OS2. The van der Waals surface area contributed by atoms with E-state index < -0.39 is 0 Å². The van der Waals surface area contributed by atoms with Crippen molar-refractivity contribution in [3.63, 3.8) is 0 Å². The van der Waals surface area contributed by atoms with Crippen LogP contribution in [0.5, 0.6) is 0 Å². The molecule has 4 rings (SSSR count). The number of amides is 1. The summed E-state index contributed by atoms with van der Waals surface area (Å²) < 4.78 is 1.97. The predicted molar refractivity (Wildman–Crippen MR) is 114 cm³/mol. The number of aromatic nitrogens is 4. The number of rotatable bonds is 6. The van der Waals surface area contributed by atoms with Crippen LogP contribution in [0.2, 0.25) is 0 Å². The van der Waals surface area contributed by atoms with Crippen molar-refractivity contribution in [2.75, 3.05) is 11.1 Å². The van der Waals surface area contributed by atoms with Crippen LogP contribution >= 0.6 is 23.1 Å². The van der Waals surface area contributed by atoms with Crippen LogP contribution < -0.4 is 5.32 Å². The molecule has 0 bridgehead atoms. The average molecular weight is 425 g/mol. The number of nitrogens with one attached hydrogen (secondary N) is 1. The molecule has 0 spiro atoms. The third kappa shape index (κ3) is 4.04. The van der Waals surface area contributed by atoms with Crippen LogP contribution in [0.25, 0.3) is 11.4 Å². The number of carbonyl (C=O) groups excluding carboxylic acids is 1. The summed E-state index contributed by atoms with van der Waals surface area (Å²) in [4.78, 5) is 17.9. The minimum atomic E-state index is -0.140. The van der Waals surface area contributed by atoms with Crippen LogP contribution in [0.4, 0.5) is 5.00 Å². The molecule has 3 aromatic rings. The van der Waals surface area contributed by atoms with Crippen LogP contribution in [0.1, 0.15) is 35.8 Å². The maximum absolute atomic E-state index is 12.5. The molecule has 0 fully saturated rings. The van der Waals surface area contributed by atoms with Crippen LogP contribution in [0.3, 0.4) is 0 Å². The molecule has 1 aliphatic rings. The van der Waals surface area contributed by atoms with E-state index in [1.165, 1.54) is 16.6 Å². The fourth-order valence-electron chi connectivity index (χ4n) is 3.45. The largest absolute Gasteiger partial charge is 0.316 e. The highest BCUT2D eigenvalue weighted by molar-refractivity contribution is 7.99. The van der Waals surface area contributed by atoms with Crippen LogP contribution in [0, 0.1) is 11.3 Å². The van der Waals surface area contributed by atoms with Gasteiger partial charge in [-0.2, -0.15) is 5.26 Å². The second-order valence-electron chi connectivity index (χ2n) is 6.66. The molecule has 1 N–H and O–H groups in total. The zero-order valence-corrected chi connectivity index (χ0v) is 17.6. The molecular weight excluding hydrogens is 404 g/mol. The highest BCUT2D eigenvalue weighted by Crippen LogP contribution is 2.37. The summed E-state index contributed by atoms with van der Waals surface area (Å²) in [6, 6.07) is 6.07. The van der Waals surface area contributed by atoms with E-state index in [9.17, 15) is 10.1 Å². The number of hydrogen-bond donors (Lipinski definition) is 1. The number of thiophene rings is 1. The SMILES string of the molecule is CCn1c(SCC(=O)Nc2sc3c(c2C#N)CCCC3)nnc1-c1cccnc1. The molecule has 0 atom stereocenters. The Morgan fingerprint density at radius 2 is 2.24 bits per heavy atom. The number of nitriles is 1. The quantitative estimate of drug-likeness (QED) is 0.603. The summed E-state index contributed by atoms with van der Waals surface area (Å²) in [5.41, 5.74) is 2.65. The Kier molecular flexibility index (Phi) is 5.92. The molecule has 3 heterocycles. The second kappa shape index (κ2) is 8.76. The summed E-state index contributed by atoms with van der Waals surface area (Å²) in [6.45, 7) is 2.71. The molecule has 0 unspecified atom stereocenters. The molecule has 1 amide bonds. The number of fused-ring (bicyclic) bond motifs is 1. The molecule has 9 heteroatoms. The van der Waals surface area contributed by atoms with Gasteiger partial charge < -0.3 is 9.88 Å². The lowest BCUT2D eigenvalue weighted by Gasteiger charge is -2.09. The van der Waals surface area contributed by atoms with Crippen molar-refractivity contribution < 1.29 is 4.79 Å². The van der Waals surface area contributed by atoms with Crippen LogP contribution in [-0.4, -0.2) is 31.4 Å². The van der Waals surface area contributed by atoms with Gasteiger partial charge in [0.25, 0.3) is 0 Å². The molecule has 148 valence electrons. The maximum atomic E-state index is 12.5. The summed E-state index contributed by atoms with van der Waals surface area (Å²) in [5.74, 6) is 0.804. The van der Waals surface area contributed by atoms with Crippen molar-refractivity contribution in [1.29, 1.82) is 5.26 Å². The Balaban J connectivity index is 1.45. The summed E-state index contributed by atoms with van der Waals surface area (Å²) in [7, 11) is 0. The normalized spacial score (nSPS) is 13.0. The van der Waals surface area contributed by atoms with Crippen molar-refractivity contribution in [2.24, 2.45) is 0 Å². The molecule has 0 saturated carbocycles. The molecule has 0 radical (unpaired) electrons. The number of nitrogens with zero attached hydrogens (tertiary/aromatic N) is 5. The van der Waals surface area contributed by atoms with Crippen molar-refractivity contribution in [2.45, 2.75) is 44.3 Å². The van der Waals surface area contributed by atoms with Crippen molar-refractivity contribution in [1.82, 2.24) is 19.7 Å². The number of hydrogen-bond acceptors (Lipinski definition) is 7. The molecule has 3 aromatic heterocycles. The van der Waals surface area contributed by atoms with E-state index in [-0.39, 0.29) is 11.7 Å². The predicted octanol–water partition coefficient (Wildman–Crippen LogP) is 3.90. The molecule has 0 aliphatic heterocycles. The van der Waals surface area contributed by atoms with Gasteiger partial charge in [0.15, 0.2) is 11.0 Å². The second-order valence-corrected chi connectivity index (χ2v) is 8.70. The van der Waals surface area contributed by atoms with Gasteiger partial charge in [0.1, 0.15) is 11.1 Å². The Morgan fingerprint density at radius 1 is 1.38 bits per heavy atom. The Labute approximate surface area is 177 Å². The monoisotopic (exact) mass is 424 g/mol. The van der Waals surface area contributed by atoms with E-state index in [0.717, 1.165) is 42.6 Å². The molecule has 1 aliphatic carbocycles. The zero-order valence-electron chi connectivity index (χ0n) is 16.0. The lowest BCUT2D eigenvalue weighted by atomic mass is 9.96. The van der Waals surface area contributed by atoms with Crippen LogP contribution in [-0.2, 0) is 24.2 Å². The van der Waals surface area contributed by atoms with Gasteiger partial charge in [0.2, 0.25) is 5.91 Å². The van der Waals surface area contributed by atoms with E-state index >= 15 is 0 Å². The van der Waals surface area contributed by atoms with E-state index in [0.29, 0.717) is 22.3 Å². The van der Waals surface area contributed by atoms with E-state index in [2.05, 4.69) is 26.6 Å². The summed E-state index contributed by atoms with van der Waals surface area (Å²) in [5, 5.41) is 22.4. The van der Waals surface area contributed by atoms with Gasteiger partial charge in [0.05, 0.1) is 11.3 Å². The first-order valence-electron chi connectivity index (χ1n) is 9.52.